The fourth-order valence-electron chi connectivity index (χ4n) is 2.92. The molecule has 2 amide bonds. The third-order valence-electron chi connectivity index (χ3n) is 4.41. The molecule has 0 aliphatic carbocycles. The molecule has 3 aromatic rings. The number of hydrogen-bond donors (Lipinski definition) is 3. The Kier molecular flexibility index (Phi) is 7.29. The van der Waals surface area contributed by atoms with E-state index in [9.17, 15) is 9.59 Å². The van der Waals surface area contributed by atoms with E-state index in [4.69, 9.17) is 12.2 Å². The van der Waals surface area contributed by atoms with Gasteiger partial charge in [0.15, 0.2) is 5.11 Å². The molecule has 3 N–H and O–H groups in total. The van der Waals surface area contributed by atoms with E-state index in [2.05, 4.69) is 16.0 Å². The number of nitrogens with one attached hydrogen (secondary N) is 3. The van der Waals surface area contributed by atoms with E-state index < -0.39 is 0 Å². The van der Waals surface area contributed by atoms with E-state index >= 15 is 0 Å². The van der Waals surface area contributed by atoms with Crippen LogP contribution in [0.15, 0.2) is 72.8 Å². The second kappa shape index (κ2) is 10.3. The van der Waals surface area contributed by atoms with Gasteiger partial charge in [-0.1, -0.05) is 49.4 Å². The summed E-state index contributed by atoms with van der Waals surface area (Å²) in [4.78, 5) is 24.1. The molecular formula is C24H23N3O2S. The van der Waals surface area contributed by atoms with Crippen molar-refractivity contribution >= 4 is 51.7 Å². The topological polar surface area (TPSA) is 70.2 Å². The molecule has 0 aliphatic rings. The molecule has 0 unspecified atom stereocenters. The number of amides is 2. The van der Waals surface area contributed by atoms with Crippen LogP contribution >= 0.6 is 12.2 Å². The van der Waals surface area contributed by atoms with E-state index in [1.807, 2.05) is 49.4 Å². The van der Waals surface area contributed by atoms with Crippen molar-refractivity contribution in [1.82, 2.24) is 10.6 Å². The highest BCUT2D eigenvalue weighted by Crippen LogP contribution is 2.19. The maximum atomic E-state index is 12.2. The van der Waals surface area contributed by atoms with Crippen LogP contribution in [0.1, 0.15) is 29.3 Å². The van der Waals surface area contributed by atoms with Gasteiger partial charge in [0.1, 0.15) is 0 Å². The molecule has 30 heavy (non-hydrogen) atoms. The van der Waals surface area contributed by atoms with Gasteiger partial charge in [0.05, 0.1) is 0 Å². The van der Waals surface area contributed by atoms with Gasteiger partial charge in [-0.25, -0.2) is 0 Å². The second-order valence-electron chi connectivity index (χ2n) is 6.68. The molecule has 0 atom stereocenters. The summed E-state index contributed by atoms with van der Waals surface area (Å²) in [5.74, 6) is -0.436. The summed E-state index contributed by atoms with van der Waals surface area (Å²) in [6.45, 7) is 2.64. The van der Waals surface area contributed by atoms with Crippen LogP contribution in [0.2, 0.25) is 0 Å². The molecule has 0 spiro atoms. The molecule has 152 valence electrons. The number of hydrogen-bond acceptors (Lipinski definition) is 3. The molecule has 0 fully saturated rings. The van der Waals surface area contributed by atoms with Crippen molar-refractivity contribution in [3.63, 3.8) is 0 Å². The predicted octanol–water partition coefficient (Wildman–Crippen LogP) is 4.51. The van der Waals surface area contributed by atoms with Crippen LogP contribution in [0.5, 0.6) is 0 Å². The summed E-state index contributed by atoms with van der Waals surface area (Å²) >= 11 is 5.21. The first kappa shape index (κ1) is 21.2. The summed E-state index contributed by atoms with van der Waals surface area (Å²) in [5.41, 5.74) is 2.21. The maximum absolute atomic E-state index is 12.2. The first-order chi connectivity index (χ1) is 14.6. The Morgan fingerprint density at radius 1 is 0.967 bits per heavy atom. The number of rotatable bonds is 6. The molecule has 0 bridgehead atoms. The third kappa shape index (κ3) is 5.75. The molecule has 3 rings (SSSR count). The zero-order valence-electron chi connectivity index (χ0n) is 16.6. The fraction of sp³-hybridized carbons (Fsp3) is 0.125. The Morgan fingerprint density at radius 3 is 2.47 bits per heavy atom. The number of carbonyl (C=O) groups is 2. The molecular weight excluding hydrogens is 394 g/mol. The minimum Gasteiger partial charge on any atom is -0.352 e. The van der Waals surface area contributed by atoms with Gasteiger partial charge in [0.25, 0.3) is 5.91 Å². The van der Waals surface area contributed by atoms with E-state index in [1.54, 1.807) is 30.3 Å². The number of anilines is 1. The molecule has 0 aliphatic heterocycles. The summed E-state index contributed by atoms with van der Waals surface area (Å²) in [7, 11) is 0. The van der Waals surface area contributed by atoms with Gasteiger partial charge in [-0.3, -0.25) is 14.9 Å². The number of thiocarbonyl (C=S) groups is 1. The summed E-state index contributed by atoms with van der Waals surface area (Å²) in [6, 6.07) is 20.8. The SMILES string of the molecule is CCCNC(=O)c1ccc(NC(=S)NC(=O)/C=C/c2cccc3ccccc23)cc1. The van der Waals surface area contributed by atoms with Crippen LogP contribution in [0.25, 0.3) is 16.8 Å². The van der Waals surface area contributed by atoms with E-state index in [1.165, 1.54) is 6.08 Å². The van der Waals surface area contributed by atoms with Crippen LogP contribution in [0.3, 0.4) is 0 Å². The Morgan fingerprint density at radius 2 is 1.70 bits per heavy atom. The lowest BCUT2D eigenvalue weighted by molar-refractivity contribution is -0.115. The van der Waals surface area contributed by atoms with Crippen molar-refractivity contribution in [2.45, 2.75) is 13.3 Å². The Labute approximate surface area is 181 Å². The lowest BCUT2D eigenvalue weighted by atomic mass is 10.0. The summed E-state index contributed by atoms with van der Waals surface area (Å²) in [6.07, 6.45) is 4.11. The van der Waals surface area contributed by atoms with Crippen LogP contribution in [0, 0.1) is 0 Å². The van der Waals surface area contributed by atoms with Crippen molar-refractivity contribution in [2.24, 2.45) is 0 Å². The van der Waals surface area contributed by atoms with Gasteiger partial charge >= 0.3 is 0 Å². The minimum atomic E-state index is -0.323. The van der Waals surface area contributed by atoms with Gasteiger partial charge in [0.2, 0.25) is 5.91 Å². The number of carbonyl (C=O) groups excluding carboxylic acids is 2. The van der Waals surface area contributed by atoms with Gasteiger partial charge in [-0.2, -0.15) is 0 Å². The molecule has 6 heteroatoms. The Balaban J connectivity index is 1.56. The Hall–Kier alpha value is -3.51. The van der Waals surface area contributed by atoms with Gasteiger partial charge in [-0.05, 0) is 65.3 Å². The minimum absolute atomic E-state index is 0.113. The van der Waals surface area contributed by atoms with E-state index in [0.29, 0.717) is 17.8 Å². The quantitative estimate of drug-likeness (QED) is 0.408. The summed E-state index contributed by atoms with van der Waals surface area (Å²) < 4.78 is 0. The zero-order chi connectivity index (χ0) is 21.3. The highest BCUT2D eigenvalue weighted by molar-refractivity contribution is 7.80. The standard InChI is InChI=1S/C24H23N3O2S/c1-2-16-25-23(29)19-10-13-20(14-11-19)26-24(30)27-22(28)15-12-18-8-5-7-17-6-3-4-9-21(17)18/h3-15H,2,16H2,1H3,(H,25,29)(H2,26,27,28,30)/b15-12+. The predicted molar refractivity (Wildman–Crippen MR) is 126 cm³/mol. The Bertz CT molecular complexity index is 1090. The molecule has 0 radical (unpaired) electrons. The first-order valence-electron chi connectivity index (χ1n) is 9.73. The van der Waals surface area contributed by atoms with E-state index in [0.717, 1.165) is 22.8 Å². The largest absolute Gasteiger partial charge is 0.352 e. The monoisotopic (exact) mass is 417 g/mol. The highest BCUT2D eigenvalue weighted by Gasteiger charge is 2.06. The van der Waals surface area contributed by atoms with Crippen LogP contribution in [-0.4, -0.2) is 23.5 Å². The normalized spacial score (nSPS) is 10.7. The van der Waals surface area contributed by atoms with Crippen molar-refractivity contribution in [3.05, 3.63) is 83.9 Å². The zero-order valence-corrected chi connectivity index (χ0v) is 17.5. The number of fused-ring (bicyclic) bond motifs is 1. The van der Waals surface area contributed by atoms with Crippen molar-refractivity contribution < 1.29 is 9.59 Å². The lowest BCUT2D eigenvalue weighted by Gasteiger charge is -2.09. The lowest BCUT2D eigenvalue weighted by Crippen LogP contribution is -2.32. The summed E-state index contributed by atoms with van der Waals surface area (Å²) in [5, 5.41) is 10.8. The first-order valence-corrected chi connectivity index (χ1v) is 10.1. The molecule has 5 nitrogen and oxygen atoms in total. The average Bonchev–Trinajstić information content (AvgIpc) is 2.76. The smallest absolute Gasteiger partial charge is 0.251 e. The van der Waals surface area contributed by atoms with Crippen molar-refractivity contribution in [1.29, 1.82) is 0 Å². The highest BCUT2D eigenvalue weighted by atomic mass is 32.1. The number of benzene rings is 3. The van der Waals surface area contributed by atoms with Crippen LogP contribution < -0.4 is 16.0 Å². The van der Waals surface area contributed by atoms with E-state index in [-0.39, 0.29) is 16.9 Å². The molecule has 0 aromatic heterocycles. The fourth-order valence-corrected chi connectivity index (χ4v) is 3.14. The van der Waals surface area contributed by atoms with Gasteiger partial charge < -0.3 is 10.6 Å². The van der Waals surface area contributed by atoms with Crippen molar-refractivity contribution in [3.8, 4) is 0 Å². The second-order valence-corrected chi connectivity index (χ2v) is 7.09. The molecule has 3 aromatic carbocycles. The third-order valence-corrected chi connectivity index (χ3v) is 4.62. The molecule has 0 saturated heterocycles. The van der Waals surface area contributed by atoms with Crippen LogP contribution in [-0.2, 0) is 4.79 Å². The molecule has 0 saturated carbocycles. The van der Waals surface area contributed by atoms with Crippen molar-refractivity contribution in [2.75, 3.05) is 11.9 Å². The molecule has 0 heterocycles. The van der Waals surface area contributed by atoms with Gasteiger partial charge in [0, 0.05) is 23.9 Å². The van der Waals surface area contributed by atoms with Crippen LogP contribution in [0.4, 0.5) is 5.69 Å². The maximum Gasteiger partial charge on any atom is 0.251 e. The average molecular weight is 418 g/mol. The van der Waals surface area contributed by atoms with Gasteiger partial charge in [-0.15, -0.1) is 0 Å².